The molecule has 4 heteroatoms. The van der Waals surface area contributed by atoms with E-state index < -0.39 is 0 Å². The van der Waals surface area contributed by atoms with E-state index in [9.17, 15) is 0 Å². The molecule has 0 saturated carbocycles. The van der Waals surface area contributed by atoms with Gasteiger partial charge in [-0.3, -0.25) is 9.88 Å². The predicted octanol–water partition coefficient (Wildman–Crippen LogP) is 1.78. The van der Waals surface area contributed by atoms with Gasteiger partial charge < -0.3 is 10.5 Å². The number of morpholine rings is 1. The van der Waals surface area contributed by atoms with E-state index in [1.807, 2.05) is 12.1 Å². The van der Waals surface area contributed by atoms with Crippen molar-refractivity contribution in [2.45, 2.75) is 25.6 Å². The molecule has 0 amide bonds. The summed E-state index contributed by atoms with van der Waals surface area (Å²) in [5.41, 5.74) is 7.87. The Morgan fingerprint density at radius 2 is 2.15 bits per heavy atom. The Labute approximate surface area is 119 Å². The van der Waals surface area contributed by atoms with E-state index in [0.717, 1.165) is 30.9 Å². The second-order valence-corrected chi connectivity index (χ2v) is 5.46. The molecule has 1 aromatic carbocycles. The maximum absolute atomic E-state index is 5.71. The van der Waals surface area contributed by atoms with Gasteiger partial charge in [-0.2, -0.15) is 0 Å². The summed E-state index contributed by atoms with van der Waals surface area (Å²) in [5, 5.41) is 1.19. The fourth-order valence-electron chi connectivity index (χ4n) is 2.64. The van der Waals surface area contributed by atoms with Crippen LogP contribution in [-0.4, -0.2) is 41.7 Å². The Morgan fingerprint density at radius 3 is 3.00 bits per heavy atom. The Morgan fingerprint density at radius 1 is 1.30 bits per heavy atom. The van der Waals surface area contributed by atoms with E-state index in [0.29, 0.717) is 12.6 Å². The van der Waals surface area contributed by atoms with Gasteiger partial charge in [0, 0.05) is 31.1 Å². The zero-order valence-corrected chi connectivity index (χ0v) is 11.8. The van der Waals surface area contributed by atoms with Crippen LogP contribution < -0.4 is 5.73 Å². The first-order chi connectivity index (χ1) is 9.76. The number of hydrogen-bond donors (Lipinski definition) is 1. The highest BCUT2D eigenvalue weighted by molar-refractivity contribution is 5.78. The number of nitrogens with zero attached hydrogens (tertiary/aromatic N) is 2. The predicted molar refractivity (Wildman–Crippen MR) is 80.4 cm³/mol. The summed E-state index contributed by atoms with van der Waals surface area (Å²) >= 11 is 0. The van der Waals surface area contributed by atoms with Crippen LogP contribution in [0, 0.1) is 0 Å². The van der Waals surface area contributed by atoms with Crippen LogP contribution >= 0.6 is 0 Å². The molecule has 1 fully saturated rings. The normalized spacial score (nSPS) is 24.1. The maximum Gasteiger partial charge on any atom is 0.0824 e. The monoisotopic (exact) mass is 271 g/mol. The molecule has 1 saturated heterocycles. The molecular formula is C16H21N3O. The number of fused-ring (bicyclic) bond motifs is 1. The lowest BCUT2D eigenvalue weighted by Gasteiger charge is -2.37. The molecule has 0 aliphatic carbocycles. The lowest BCUT2D eigenvalue weighted by Crippen LogP contribution is -2.50. The SMILES string of the molecule is CC1COC(CN)CN1Cc1ccc2ccccc2n1. The molecule has 1 aliphatic heterocycles. The van der Waals surface area contributed by atoms with Crippen molar-refractivity contribution in [2.75, 3.05) is 19.7 Å². The highest BCUT2D eigenvalue weighted by Gasteiger charge is 2.25. The number of rotatable bonds is 3. The number of aromatic nitrogens is 1. The van der Waals surface area contributed by atoms with Crippen LogP contribution in [-0.2, 0) is 11.3 Å². The third-order valence-corrected chi connectivity index (χ3v) is 3.92. The van der Waals surface area contributed by atoms with E-state index in [-0.39, 0.29) is 6.10 Å². The first-order valence-corrected chi connectivity index (χ1v) is 7.16. The molecule has 2 heterocycles. The van der Waals surface area contributed by atoms with Crippen molar-refractivity contribution in [2.24, 2.45) is 5.73 Å². The molecule has 4 nitrogen and oxygen atoms in total. The molecule has 2 atom stereocenters. The van der Waals surface area contributed by atoms with Crippen LogP contribution in [0.15, 0.2) is 36.4 Å². The highest BCUT2D eigenvalue weighted by Crippen LogP contribution is 2.17. The average Bonchev–Trinajstić information content (AvgIpc) is 2.49. The minimum Gasteiger partial charge on any atom is -0.374 e. The maximum atomic E-state index is 5.71. The minimum absolute atomic E-state index is 0.145. The van der Waals surface area contributed by atoms with Crippen molar-refractivity contribution in [3.63, 3.8) is 0 Å². The molecule has 0 spiro atoms. The second kappa shape index (κ2) is 5.87. The molecule has 2 aromatic rings. The number of ether oxygens (including phenoxy) is 1. The zero-order chi connectivity index (χ0) is 13.9. The number of para-hydroxylation sites is 1. The number of benzene rings is 1. The van der Waals surface area contributed by atoms with Gasteiger partial charge in [0.1, 0.15) is 0 Å². The topological polar surface area (TPSA) is 51.4 Å². The van der Waals surface area contributed by atoms with Crippen LogP contribution in [0.25, 0.3) is 10.9 Å². The van der Waals surface area contributed by atoms with Crippen molar-refractivity contribution in [1.29, 1.82) is 0 Å². The Kier molecular flexibility index (Phi) is 3.96. The van der Waals surface area contributed by atoms with Gasteiger partial charge in [0.25, 0.3) is 0 Å². The fraction of sp³-hybridized carbons (Fsp3) is 0.438. The summed E-state index contributed by atoms with van der Waals surface area (Å²) in [5.74, 6) is 0. The molecule has 106 valence electrons. The van der Waals surface area contributed by atoms with Crippen LogP contribution in [0.3, 0.4) is 0 Å². The molecule has 20 heavy (non-hydrogen) atoms. The van der Waals surface area contributed by atoms with Gasteiger partial charge in [-0.05, 0) is 19.1 Å². The summed E-state index contributed by atoms with van der Waals surface area (Å²) in [6.45, 7) is 5.25. The lowest BCUT2D eigenvalue weighted by atomic mass is 10.1. The minimum atomic E-state index is 0.145. The molecule has 1 aromatic heterocycles. The number of nitrogens with two attached hydrogens (primary N) is 1. The highest BCUT2D eigenvalue weighted by atomic mass is 16.5. The lowest BCUT2D eigenvalue weighted by molar-refractivity contribution is -0.0570. The third kappa shape index (κ3) is 2.82. The van der Waals surface area contributed by atoms with Gasteiger partial charge in [-0.25, -0.2) is 0 Å². The Balaban J connectivity index is 1.77. The molecule has 1 aliphatic rings. The van der Waals surface area contributed by atoms with Crippen LogP contribution in [0.4, 0.5) is 0 Å². The van der Waals surface area contributed by atoms with Gasteiger partial charge in [0.2, 0.25) is 0 Å². The van der Waals surface area contributed by atoms with E-state index >= 15 is 0 Å². The Bertz CT molecular complexity index is 587. The van der Waals surface area contributed by atoms with Crippen molar-refractivity contribution in [3.8, 4) is 0 Å². The van der Waals surface area contributed by atoms with Crippen LogP contribution in [0.5, 0.6) is 0 Å². The van der Waals surface area contributed by atoms with Gasteiger partial charge in [0.15, 0.2) is 0 Å². The molecule has 2 N–H and O–H groups in total. The molecule has 2 unspecified atom stereocenters. The van der Waals surface area contributed by atoms with Crippen LogP contribution in [0.1, 0.15) is 12.6 Å². The van der Waals surface area contributed by atoms with E-state index in [1.165, 1.54) is 5.39 Å². The van der Waals surface area contributed by atoms with Gasteiger partial charge in [-0.1, -0.05) is 24.3 Å². The molecule has 0 bridgehead atoms. The summed E-state index contributed by atoms with van der Waals surface area (Å²) < 4.78 is 5.69. The van der Waals surface area contributed by atoms with E-state index in [4.69, 9.17) is 15.5 Å². The third-order valence-electron chi connectivity index (χ3n) is 3.92. The van der Waals surface area contributed by atoms with Crippen molar-refractivity contribution < 1.29 is 4.74 Å². The largest absolute Gasteiger partial charge is 0.374 e. The first kappa shape index (κ1) is 13.5. The van der Waals surface area contributed by atoms with Gasteiger partial charge in [0.05, 0.1) is 23.9 Å². The summed E-state index contributed by atoms with van der Waals surface area (Å²) in [4.78, 5) is 7.14. The zero-order valence-electron chi connectivity index (χ0n) is 11.8. The smallest absolute Gasteiger partial charge is 0.0824 e. The Hall–Kier alpha value is -1.49. The summed E-state index contributed by atoms with van der Waals surface area (Å²) in [6.07, 6.45) is 0.145. The second-order valence-electron chi connectivity index (χ2n) is 5.46. The van der Waals surface area contributed by atoms with Crippen molar-refractivity contribution >= 4 is 10.9 Å². The van der Waals surface area contributed by atoms with E-state index in [1.54, 1.807) is 0 Å². The van der Waals surface area contributed by atoms with Crippen LogP contribution in [0.2, 0.25) is 0 Å². The number of pyridine rings is 1. The molecule has 3 rings (SSSR count). The van der Waals surface area contributed by atoms with Crippen molar-refractivity contribution in [3.05, 3.63) is 42.1 Å². The van der Waals surface area contributed by atoms with Gasteiger partial charge in [-0.15, -0.1) is 0 Å². The van der Waals surface area contributed by atoms with Crippen molar-refractivity contribution in [1.82, 2.24) is 9.88 Å². The fourth-order valence-corrected chi connectivity index (χ4v) is 2.64. The van der Waals surface area contributed by atoms with Gasteiger partial charge >= 0.3 is 0 Å². The summed E-state index contributed by atoms with van der Waals surface area (Å²) in [6, 6.07) is 12.9. The average molecular weight is 271 g/mol. The molecule has 0 radical (unpaired) electrons. The molecular weight excluding hydrogens is 250 g/mol. The quantitative estimate of drug-likeness (QED) is 0.924. The first-order valence-electron chi connectivity index (χ1n) is 7.16. The standard InChI is InChI=1S/C16H21N3O/c1-12-11-20-15(8-17)10-19(12)9-14-7-6-13-4-2-3-5-16(13)18-14/h2-7,12,15H,8-11,17H2,1H3. The number of hydrogen-bond acceptors (Lipinski definition) is 4. The van der Waals surface area contributed by atoms with E-state index in [2.05, 4.69) is 36.1 Å². The summed E-state index contributed by atoms with van der Waals surface area (Å²) in [7, 11) is 0.